The largest absolute Gasteiger partial charge is 0.348 e. The van der Waals surface area contributed by atoms with Gasteiger partial charge in [0.25, 0.3) is 5.91 Å². The molecule has 9 heteroatoms. The quantitative estimate of drug-likeness (QED) is 0.548. The molecule has 1 aliphatic heterocycles. The number of carbonyl (C=O) groups is 3. The van der Waals surface area contributed by atoms with E-state index in [0.717, 1.165) is 27.3 Å². The van der Waals surface area contributed by atoms with Crippen molar-refractivity contribution < 1.29 is 18.8 Å². The minimum absolute atomic E-state index is 0.181. The van der Waals surface area contributed by atoms with Gasteiger partial charge >= 0.3 is 0 Å². The van der Waals surface area contributed by atoms with Gasteiger partial charge in [-0.2, -0.15) is 0 Å². The second-order valence-electron chi connectivity index (χ2n) is 11.5. The molecule has 2 heterocycles. The summed E-state index contributed by atoms with van der Waals surface area (Å²) in [6.07, 6.45) is 1.60. The van der Waals surface area contributed by atoms with Gasteiger partial charge in [0.2, 0.25) is 11.8 Å². The van der Waals surface area contributed by atoms with Crippen LogP contribution in [-0.4, -0.2) is 51.9 Å². The summed E-state index contributed by atoms with van der Waals surface area (Å²) in [4.78, 5) is 46.4. The zero-order chi connectivity index (χ0) is 27.1. The molecule has 7 nitrogen and oxygen atoms in total. The van der Waals surface area contributed by atoms with Gasteiger partial charge < -0.3 is 15.5 Å². The third-order valence-electron chi connectivity index (χ3n) is 7.43. The lowest BCUT2D eigenvalue weighted by atomic mass is 9.85. The van der Waals surface area contributed by atoms with E-state index in [9.17, 15) is 18.8 Å². The predicted molar refractivity (Wildman–Crippen MR) is 143 cm³/mol. The normalized spacial score (nSPS) is 20.3. The molecule has 4 rings (SSSR count). The third-order valence-corrected chi connectivity index (χ3v) is 8.40. The van der Waals surface area contributed by atoms with Crippen LogP contribution in [-0.2, 0) is 14.4 Å². The first kappa shape index (κ1) is 27.2. The number of alkyl halides is 1. The van der Waals surface area contributed by atoms with Crippen LogP contribution in [0.4, 0.5) is 4.39 Å². The Bertz CT molecular complexity index is 1200. The van der Waals surface area contributed by atoms with Crippen LogP contribution >= 0.6 is 11.3 Å². The van der Waals surface area contributed by atoms with E-state index < -0.39 is 29.1 Å². The molecule has 2 unspecified atom stereocenters. The average Bonchev–Trinajstić information content (AvgIpc) is 3.21. The van der Waals surface area contributed by atoms with E-state index in [1.54, 1.807) is 16.2 Å². The Hall–Kier alpha value is -2.81. The highest BCUT2D eigenvalue weighted by Crippen LogP contribution is 2.40. The third kappa shape index (κ3) is 5.71. The molecule has 2 aliphatic rings. The summed E-state index contributed by atoms with van der Waals surface area (Å²) >= 11 is 1.60. The summed E-state index contributed by atoms with van der Waals surface area (Å²) < 4.78 is 14.3. The molecule has 3 atom stereocenters. The first-order valence-corrected chi connectivity index (χ1v) is 13.8. The van der Waals surface area contributed by atoms with Gasteiger partial charge in [-0.1, -0.05) is 39.0 Å². The SMILES string of the molecule is Cc1cc(-c2scnc2C)ccc1[C@H](C)NC(=O)C1CCCN1C(=O)C(NC(=O)C1(F)CC1)C(C)(C)C. The number of benzene rings is 1. The van der Waals surface area contributed by atoms with E-state index in [1.165, 1.54) is 0 Å². The monoisotopic (exact) mass is 528 g/mol. The predicted octanol–water partition coefficient (Wildman–Crippen LogP) is 4.63. The lowest BCUT2D eigenvalue weighted by Crippen LogP contribution is -2.59. The average molecular weight is 529 g/mol. The Balaban J connectivity index is 1.46. The zero-order valence-corrected chi connectivity index (χ0v) is 23.3. The standard InChI is InChI=1S/C28H37FN4O3S/c1-16-14-19(22-18(3)30-15-37-22)9-10-20(16)17(2)31-24(34)21-8-7-13-33(21)25(35)23(27(4,5)6)32-26(36)28(29)11-12-28/h9-10,14-15,17,21,23H,7-8,11-13H2,1-6H3,(H,31,34)(H,32,36)/t17-,21?,23?/m0/s1. The van der Waals surface area contributed by atoms with E-state index in [0.29, 0.717) is 19.4 Å². The van der Waals surface area contributed by atoms with Crippen LogP contribution < -0.4 is 10.6 Å². The minimum Gasteiger partial charge on any atom is -0.348 e. The molecule has 2 aromatic rings. The van der Waals surface area contributed by atoms with E-state index in [-0.39, 0.29) is 30.7 Å². The number of likely N-dealkylation sites (tertiary alicyclic amines) is 1. The number of carbonyl (C=O) groups excluding carboxylic acids is 3. The smallest absolute Gasteiger partial charge is 0.258 e. The fourth-order valence-electron chi connectivity index (χ4n) is 4.98. The number of hydrogen-bond acceptors (Lipinski definition) is 5. The second-order valence-corrected chi connectivity index (χ2v) is 12.4. The number of rotatable bonds is 7. The van der Waals surface area contributed by atoms with Crippen molar-refractivity contribution in [3.05, 3.63) is 40.5 Å². The molecule has 0 radical (unpaired) electrons. The maximum absolute atomic E-state index is 14.3. The number of nitrogens with one attached hydrogen (secondary N) is 2. The maximum atomic E-state index is 14.3. The molecule has 1 saturated carbocycles. The van der Waals surface area contributed by atoms with Gasteiger partial charge in [0, 0.05) is 6.54 Å². The molecule has 37 heavy (non-hydrogen) atoms. The second kappa shape index (κ2) is 10.2. The van der Waals surface area contributed by atoms with Crippen molar-refractivity contribution in [2.45, 2.75) is 91.0 Å². The molecule has 200 valence electrons. The van der Waals surface area contributed by atoms with Crippen molar-refractivity contribution in [3.63, 3.8) is 0 Å². The number of aryl methyl sites for hydroxylation is 2. The zero-order valence-electron chi connectivity index (χ0n) is 22.5. The molecule has 1 aromatic heterocycles. The van der Waals surface area contributed by atoms with Gasteiger partial charge in [-0.25, -0.2) is 9.37 Å². The first-order valence-electron chi connectivity index (χ1n) is 12.9. The minimum atomic E-state index is -1.87. The Morgan fingerprint density at radius 1 is 1.19 bits per heavy atom. The molecule has 1 aliphatic carbocycles. The summed E-state index contributed by atoms with van der Waals surface area (Å²) in [6, 6.07) is 4.40. The highest BCUT2D eigenvalue weighted by molar-refractivity contribution is 7.13. The van der Waals surface area contributed by atoms with Gasteiger partial charge in [-0.05, 0) is 68.6 Å². The molecule has 1 saturated heterocycles. The highest BCUT2D eigenvalue weighted by atomic mass is 32.1. The van der Waals surface area contributed by atoms with E-state index in [2.05, 4.69) is 21.7 Å². The number of aromatic nitrogens is 1. The van der Waals surface area contributed by atoms with Crippen molar-refractivity contribution in [3.8, 4) is 10.4 Å². The number of halogens is 1. The molecular weight excluding hydrogens is 491 g/mol. The molecule has 1 aromatic carbocycles. The number of thiazole rings is 1. The first-order chi connectivity index (χ1) is 17.3. The molecule has 2 fully saturated rings. The fourth-order valence-corrected chi connectivity index (χ4v) is 5.79. The van der Waals surface area contributed by atoms with Crippen LogP contribution in [0.3, 0.4) is 0 Å². The van der Waals surface area contributed by atoms with Crippen LogP contribution in [0, 0.1) is 19.3 Å². The Morgan fingerprint density at radius 3 is 2.46 bits per heavy atom. The highest BCUT2D eigenvalue weighted by Gasteiger charge is 2.53. The summed E-state index contributed by atoms with van der Waals surface area (Å²) in [5.41, 5.74) is 3.50. The Labute approximate surface area is 222 Å². The molecule has 0 spiro atoms. The van der Waals surface area contributed by atoms with Crippen LogP contribution in [0.1, 0.15) is 76.2 Å². The number of nitrogens with zero attached hydrogens (tertiary/aromatic N) is 2. The van der Waals surface area contributed by atoms with Gasteiger partial charge in [0.05, 0.1) is 22.1 Å². The van der Waals surface area contributed by atoms with E-state index in [4.69, 9.17) is 0 Å². The molecule has 0 bridgehead atoms. The lowest BCUT2D eigenvalue weighted by Gasteiger charge is -2.36. The van der Waals surface area contributed by atoms with Crippen molar-refractivity contribution in [1.82, 2.24) is 20.5 Å². The Kier molecular flexibility index (Phi) is 7.48. The summed E-state index contributed by atoms with van der Waals surface area (Å²) in [5, 5.41) is 5.74. The topological polar surface area (TPSA) is 91.4 Å². The van der Waals surface area contributed by atoms with Crippen LogP contribution in [0.25, 0.3) is 10.4 Å². The summed E-state index contributed by atoms with van der Waals surface area (Å²) in [7, 11) is 0. The van der Waals surface area contributed by atoms with Crippen molar-refractivity contribution in [1.29, 1.82) is 0 Å². The van der Waals surface area contributed by atoms with Crippen molar-refractivity contribution in [2.24, 2.45) is 5.41 Å². The molecule has 3 amide bonds. The maximum Gasteiger partial charge on any atom is 0.258 e. The van der Waals surface area contributed by atoms with E-state index in [1.807, 2.05) is 59.2 Å². The fraction of sp³-hybridized carbons (Fsp3) is 0.571. The molecular formula is C28H37FN4O3S. The Morgan fingerprint density at radius 2 is 1.89 bits per heavy atom. The van der Waals surface area contributed by atoms with Gasteiger partial charge in [0.15, 0.2) is 5.67 Å². The summed E-state index contributed by atoms with van der Waals surface area (Å²) in [6.45, 7) is 11.9. The van der Waals surface area contributed by atoms with Crippen molar-refractivity contribution >= 4 is 29.1 Å². The van der Waals surface area contributed by atoms with Crippen LogP contribution in [0.5, 0.6) is 0 Å². The number of amides is 3. The van der Waals surface area contributed by atoms with Crippen LogP contribution in [0.2, 0.25) is 0 Å². The van der Waals surface area contributed by atoms with Gasteiger partial charge in [-0.15, -0.1) is 11.3 Å². The van der Waals surface area contributed by atoms with E-state index >= 15 is 0 Å². The molecule has 2 N–H and O–H groups in total. The van der Waals surface area contributed by atoms with Gasteiger partial charge in [0.1, 0.15) is 12.1 Å². The van der Waals surface area contributed by atoms with Crippen molar-refractivity contribution in [2.75, 3.05) is 6.54 Å². The summed E-state index contributed by atoms with van der Waals surface area (Å²) in [5.74, 6) is -1.29. The van der Waals surface area contributed by atoms with Crippen LogP contribution in [0.15, 0.2) is 23.7 Å². The van der Waals surface area contributed by atoms with Gasteiger partial charge in [-0.3, -0.25) is 14.4 Å². The number of hydrogen-bond donors (Lipinski definition) is 2. The lowest BCUT2D eigenvalue weighted by molar-refractivity contribution is -0.145.